The van der Waals surface area contributed by atoms with Crippen LogP contribution in [0, 0.1) is 6.92 Å². The quantitative estimate of drug-likeness (QED) is 0.301. The molecule has 0 spiro atoms. The fourth-order valence-electron chi connectivity index (χ4n) is 3.91. The van der Waals surface area contributed by atoms with E-state index in [0.717, 1.165) is 33.3 Å². The minimum Gasteiger partial charge on any atom is -0.328 e. The van der Waals surface area contributed by atoms with Gasteiger partial charge in [0.15, 0.2) is 10.8 Å². The van der Waals surface area contributed by atoms with Crippen LogP contribution >= 0.6 is 11.3 Å². The first-order valence-corrected chi connectivity index (χ1v) is 12.2. The normalized spacial score (nSPS) is 11.5. The number of fused-ring (bicyclic) bond motifs is 1. The molecule has 3 heterocycles. The molecule has 0 unspecified atom stereocenters. The first-order chi connectivity index (χ1) is 16.8. The van der Waals surface area contributed by atoms with E-state index in [1.807, 2.05) is 67.0 Å². The molecule has 3 aromatic heterocycles. The number of anilines is 3. The maximum atomic E-state index is 13.0. The zero-order valence-corrected chi connectivity index (χ0v) is 20.9. The number of nitrogens with one attached hydrogen (secondary N) is 2. The lowest BCUT2D eigenvalue weighted by Gasteiger charge is -2.19. The Morgan fingerprint density at radius 2 is 1.80 bits per heavy atom. The fraction of sp³-hybridized carbons (Fsp3) is 0.185. The fourth-order valence-corrected chi connectivity index (χ4v) is 4.45. The molecule has 2 aromatic carbocycles. The van der Waals surface area contributed by atoms with Crippen molar-refractivity contribution in [2.75, 3.05) is 10.6 Å². The van der Waals surface area contributed by atoms with Gasteiger partial charge in [-0.2, -0.15) is 5.10 Å². The van der Waals surface area contributed by atoms with E-state index in [1.54, 1.807) is 16.9 Å². The van der Waals surface area contributed by atoms with Crippen molar-refractivity contribution in [3.05, 3.63) is 89.2 Å². The van der Waals surface area contributed by atoms with Crippen molar-refractivity contribution >= 4 is 39.4 Å². The Bertz CT molecular complexity index is 1500. The summed E-state index contributed by atoms with van der Waals surface area (Å²) in [6, 6.07) is 15.6. The molecule has 1 amide bonds. The van der Waals surface area contributed by atoms with E-state index >= 15 is 0 Å². The van der Waals surface area contributed by atoms with Crippen molar-refractivity contribution < 1.29 is 4.79 Å². The van der Waals surface area contributed by atoms with Gasteiger partial charge in [-0.25, -0.2) is 14.5 Å². The van der Waals surface area contributed by atoms with Gasteiger partial charge in [0, 0.05) is 40.8 Å². The van der Waals surface area contributed by atoms with Gasteiger partial charge in [-0.05, 0) is 47.7 Å². The number of amides is 1. The zero-order valence-electron chi connectivity index (χ0n) is 20.0. The SMILES string of the molecule is Cc1c(NC(=O)c2ccc(C(C)(C)C)cc2)cccc1-c1cc(Nc2nccs2)c2nccn2n1. The van der Waals surface area contributed by atoms with Crippen molar-refractivity contribution in [3.8, 4) is 11.3 Å². The highest BCUT2D eigenvalue weighted by atomic mass is 32.1. The second kappa shape index (κ2) is 8.96. The lowest BCUT2D eigenvalue weighted by atomic mass is 9.86. The average Bonchev–Trinajstić information content (AvgIpc) is 3.52. The molecule has 0 saturated heterocycles. The van der Waals surface area contributed by atoms with Gasteiger partial charge in [0.1, 0.15) is 0 Å². The van der Waals surface area contributed by atoms with Gasteiger partial charge < -0.3 is 10.6 Å². The van der Waals surface area contributed by atoms with Crippen LogP contribution in [0.1, 0.15) is 42.3 Å². The van der Waals surface area contributed by atoms with Crippen molar-refractivity contribution in [3.63, 3.8) is 0 Å². The molecule has 0 saturated carbocycles. The molecule has 0 radical (unpaired) electrons. The second-order valence-electron chi connectivity index (χ2n) is 9.36. The lowest BCUT2D eigenvalue weighted by Crippen LogP contribution is -2.15. The molecule has 5 rings (SSSR count). The van der Waals surface area contributed by atoms with Crippen molar-refractivity contribution in [1.82, 2.24) is 19.6 Å². The zero-order chi connectivity index (χ0) is 24.6. The highest BCUT2D eigenvalue weighted by Crippen LogP contribution is 2.31. The van der Waals surface area contributed by atoms with Crippen LogP contribution in [0.15, 0.2) is 72.5 Å². The summed E-state index contributed by atoms with van der Waals surface area (Å²) >= 11 is 1.52. The van der Waals surface area contributed by atoms with Crippen molar-refractivity contribution in [2.24, 2.45) is 0 Å². The van der Waals surface area contributed by atoms with E-state index in [4.69, 9.17) is 5.10 Å². The number of aromatic nitrogens is 4. The molecular formula is C27H26N6OS. The lowest BCUT2D eigenvalue weighted by molar-refractivity contribution is 0.102. The van der Waals surface area contributed by atoms with Crippen LogP contribution in [0.2, 0.25) is 0 Å². The van der Waals surface area contributed by atoms with Crippen LogP contribution in [0.25, 0.3) is 16.9 Å². The first-order valence-electron chi connectivity index (χ1n) is 11.3. The van der Waals surface area contributed by atoms with Crippen LogP contribution in [0.4, 0.5) is 16.5 Å². The molecule has 0 aliphatic rings. The molecule has 2 N–H and O–H groups in total. The monoisotopic (exact) mass is 482 g/mol. The topological polar surface area (TPSA) is 84.2 Å². The molecule has 5 aromatic rings. The summed E-state index contributed by atoms with van der Waals surface area (Å²) in [5.41, 5.74) is 6.73. The third-order valence-electron chi connectivity index (χ3n) is 5.90. The Hall–Kier alpha value is -4.04. The van der Waals surface area contributed by atoms with Gasteiger partial charge in [0.2, 0.25) is 0 Å². The Balaban J connectivity index is 1.46. The number of carbonyl (C=O) groups excluding carboxylic acids is 1. The minimum absolute atomic E-state index is 0.0382. The number of carbonyl (C=O) groups is 1. The molecule has 0 bridgehead atoms. The number of rotatable bonds is 5. The third kappa shape index (κ3) is 4.65. The maximum absolute atomic E-state index is 13.0. The van der Waals surface area contributed by atoms with Crippen LogP contribution in [0.5, 0.6) is 0 Å². The van der Waals surface area contributed by atoms with Crippen LogP contribution < -0.4 is 10.6 Å². The number of nitrogens with zero attached hydrogens (tertiary/aromatic N) is 4. The summed E-state index contributed by atoms with van der Waals surface area (Å²) in [6.07, 6.45) is 5.28. The molecule has 8 heteroatoms. The predicted octanol–water partition coefficient (Wildman–Crippen LogP) is 6.45. The summed E-state index contributed by atoms with van der Waals surface area (Å²) in [5, 5.41) is 13.9. The number of benzene rings is 2. The van der Waals surface area contributed by atoms with Gasteiger partial charge in [-0.15, -0.1) is 11.3 Å². The van der Waals surface area contributed by atoms with Crippen LogP contribution in [-0.4, -0.2) is 25.5 Å². The van der Waals surface area contributed by atoms with E-state index in [0.29, 0.717) is 11.2 Å². The maximum Gasteiger partial charge on any atom is 0.255 e. The van der Waals surface area contributed by atoms with Gasteiger partial charge in [-0.3, -0.25) is 4.79 Å². The second-order valence-corrected chi connectivity index (χ2v) is 10.3. The van der Waals surface area contributed by atoms with Gasteiger partial charge in [0.25, 0.3) is 5.91 Å². The van der Waals surface area contributed by atoms with E-state index in [-0.39, 0.29) is 11.3 Å². The predicted molar refractivity (Wildman–Crippen MR) is 142 cm³/mol. The summed E-state index contributed by atoms with van der Waals surface area (Å²) in [5.74, 6) is -0.144. The Kier molecular flexibility index (Phi) is 5.82. The summed E-state index contributed by atoms with van der Waals surface area (Å²) in [6.45, 7) is 8.46. The highest BCUT2D eigenvalue weighted by molar-refractivity contribution is 7.13. The molecule has 7 nitrogen and oxygen atoms in total. The molecule has 0 fully saturated rings. The largest absolute Gasteiger partial charge is 0.328 e. The van der Waals surface area contributed by atoms with Crippen LogP contribution in [-0.2, 0) is 5.41 Å². The van der Waals surface area contributed by atoms with E-state index in [1.165, 1.54) is 16.9 Å². The molecule has 0 atom stereocenters. The number of hydrogen-bond donors (Lipinski definition) is 2. The number of hydrogen-bond acceptors (Lipinski definition) is 6. The van der Waals surface area contributed by atoms with Gasteiger partial charge >= 0.3 is 0 Å². The standard InChI is InChI=1S/C27H26N6OS/c1-17-20(22-16-23(31-26-29-13-15-35-26)24-28-12-14-33(24)32-22)6-5-7-21(17)30-25(34)18-8-10-19(11-9-18)27(2,3)4/h5-16H,1-4H3,(H,29,31)(H,30,34). The average molecular weight is 483 g/mol. The molecule has 35 heavy (non-hydrogen) atoms. The smallest absolute Gasteiger partial charge is 0.255 e. The molecule has 0 aliphatic heterocycles. The molecule has 0 aliphatic carbocycles. The van der Waals surface area contributed by atoms with Crippen molar-refractivity contribution in [1.29, 1.82) is 0 Å². The van der Waals surface area contributed by atoms with Crippen LogP contribution in [0.3, 0.4) is 0 Å². The van der Waals surface area contributed by atoms with Gasteiger partial charge in [-0.1, -0.05) is 45.0 Å². The summed E-state index contributed by atoms with van der Waals surface area (Å²) < 4.78 is 1.74. The van der Waals surface area contributed by atoms with Gasteiger partial charge in [0.05, 0.1) is 11.4 Å². The molecular weight excluding hydrogens is 456 g/mol. The van der Waals surface area contributed by atoms with Crippen molar-refractivity contribution in [2.45, 2.75) is 33.1 Å². The Morgan fingerprint density at radius 3 is 2.51 bits per heavy atom. The van der Waals surface area contributed by atoms with E-state index < -0.39 is 0 Å². The summed E-state index contributed by atoms with van der Waals surface area (Å²) in [7, 11) is 0. The number of imidazole rings is 1. The summed E-state index contributed by atoms with van der Waals surface area (Å²) in [4.78, 5) is 21.7. The highest BCUT2D eigenvalue weighted by Gasteiger charge is 2.17. The Labute approximate surface area is 207 Å². The minimum atomic E-state index is -0.144. The van der Waals surface area contributed by atoms with E-state index in [9.17, 15) is 4.79 Å². The third-order valence-corrected chi connectivity index (χ3v) is 6.59. The molecule has 176 valence electrons. The number of thiazole rings is 1. The first kappa shape index (κ1) is 22.7. The van der Waals surface area contributed by atoms with E-state index in [2.05, 4.69) is 41.4 Å². The Morgan fingerprint density at radius 1 is 1.00 bits per heavy atom.